The molecule has 7 heterocycles. The third-order valence-electron chi connectivity index (χ3n) is 7.31. The average molecular weight is 673 g/mol. The number of nitrogens with two attached hydrogens (primary N) is 2. The Hall–Kier alpha value is -3.44. The Balaban J connectivity index is 1.17. The van der Waals surface area contributed by atoms with E-state index in [4.69, 9.17) is 39.0 Å². The molecule has 3 saturated heterocycles. The minimum Gasteiger partial charge on any atom is -0.756 e. The first-order valence-electron chi connectivity index (χ1n) is 12.9. The SMILES string of the molecule is Nc1nc2c(ncn2[C@@H]2OC3COP(=O)(O)O[C@H]4[C@@H](O)[C@H](n5cnc6c(N)ncnc65)O[C@@H]4COP(=O)([O-])O[C@H]3[C@H]2O)c(=O)[nH]1. The molecule has 3 unspecified atom stereocenters. The highest BCUT2D eigenvalue weighted by Crippen LogP contribution is 2.52. The lowest BCUT2D eigenvalue weighted by Gasteiger charge is -2.32. The van der Waals surface area contributed by atoms with Crippen molar-refractivity contribution >= 4 is 49.7 Å². The van der Waals surface area contributed by atoms with Crippen LogP contribution in [-0.2, 0) is 36.7 Å². The van der Waals surface area contributed by atoms with Crippen LogP contribution in [0.2, 0.25) is 0 Å². The van der Waals surface area contributed by atoms with Crippen molar-refractivity contribution in [3.8, 4) is 0 Å². The maximum absolute atomic E-state index is 13.1. The van der Waals surface area contributed by atoms with E-state index in [0.717, 1.165) is 17.2 Å². The van der Waals surface area contributed by atoms with Gasteiger partial charge in [-0.3, -0.25) is 32.5 Å². The smallest absolute Gasteiger partial charge is 0.472 e. The number of imidazole rings is 2. The number of phosphoric acid groups is 2. The van der Waals surface area contributed by atoms with Crippen molar-refractivity contribution in [3.05, 3.63) is 29.3 Å². The van der Waals surface area contributed by atoms with Gasteiger partial charge in [-0.1, -0.05) is 0 Å². The van der Waals surface area contributed by atoms with Gasteiger partial charge in [0.05, 0.1) is 25.9 Å². The molecule has 0 saturated carbocycles. The van der Waals surface area contributed by atoms with Crippen molar-refractivity contribution < 1.29 is 56.7 Å². The van der Waals surface area contributed by atoms with Crippen LogP contribution in [0, 0.1) is 0 Å². The number of hydrogen-bond donors (Lipinski definition) is 6. The number of nitrogen functional groups attached to an aromatic ring is 2. The lowest BCUT2D eigenvalue weighted by Crippen LogP contribution is -2.40. The molecule has 10 atom stereocenters. The molecule has 0 spiro atoms. The van der Waals surface area contributed by atoms with E-state index < -0.39 is 83.5 Å². The Morgan fingerprint density at radius 3 is 2.18 bits per heavy atom. The van der Waals surface area contributed by atoms with Crippen LogP contribution in [0.3, 0.4) is 0 Å². The second-order valence-corrected chi connectivity index (χ2v) is 12.9. The first-order chi connectivity index (χ1) is 21.3. The molecule has 3 aliphatic rings. The fourth-order valence-corrected chi connectivity index (χ4v) is 7.22. The normalized spacial score (nSPS) is 37.7. The van der Waals surface area contributed by atoms with Gasteiger partial charge in [-0.2, -0.15) is 4.98 Å². The van der Waals surface area contributed by atoms with E-state index >= 15 is 0 Å². The molecule has 8 N–H and O–H groups in total. The van der Waals surface area contributed by atoms with Crippen LogP contribution in [0.25, 0.3) is 22.3 Å². The van der Waals surface area contributed by atoms with Gasteiger partial charge in [0.25, 0.3) is 13.4 Å². The topological polar surface area (TPSA) is 332 Å². The molecule has 3 aliphatic heterocycles. The molecule has 23 nitrogen and oxygen atoms in total. The van der Waals surface area contributed by atoms with E-state index in [2.05, 4.69) is 29.9 Å². The predicted molar refractivity (Wildman–Crippen MR) is 141 cm³/mol. The van der Waals surface area contributed by atoms with Crippen LogP contribution in [0.15, 0.2) is 23.8 Å². The van der Waals surface area contributed by atoms with Gasteiger partial charge >= 0.3 is 7.82 Å². The monoisotopic (exact) mass is 673 g/mol. The summed E-state index contributed by atoms with van der Waals surface area (Å²) in [6, 6.07) is 0. The summed E-state index contributed by atoms with van der Waals surface area (Å²) in [4.78, 5) is 57.9. The van der Waals surface area contributed by atoms with Gasteiger partial charge in [0.15, 0.2) is 35.1 Å². The van der Waals surface area contributed by atoms with Crippen molar-refractivity contribution in [2.24, 2.45) is 0 Å². The van der Waals surface area contributed by atoms with Gasteiger partial charge in [-0.25, -0.2) is 24.5 Å². The second kappa shape index (κ2) is 10.8. The fourth-order valence-electron chi connectivity index (χ4n) is 5.31. The molecule has 3 fully saturated rings. The first-order valence-corrected chi connectivity index (χ1v) is 15.9. The number of ether oxygens (including phenoxy) is 2. The Kier molecular flexibility index (Phi) is 7.27. The summed E-state index contributed by atoms with van der Waals surface area (Å²) in [6.07, 6.45) is -9.42. The summed E-state index contributed by atoms with van der Waals surface area (Å²) < 4.78 is 60.4. The van der Waals surface area contributed by atoms with Gasteiger partial charge in [-0.05, 0) is 0 Å². The minimum atomic E-state index is -5.31. The molecule has 4 aromatic rings. The van der Waals surface area contributed by atoms with Crippen molar-refractivity contribution in [2.75, 3.05) is 24.7 Å². The zero-order valence-electron chi connectivity index (χ0n) is 22.4. The summed E-state index contributed by atoms with van der Waals surface area (Å²) in [5.74, 6) is -0.248. The number of aromatic amines is 1. The molecule has 4 aromatic heterocycles. The molecule has 45 heavy (non-hydrogen) atoms. The van der Waals surface area contributed by atoms with E-state index in [1.165, 1.54) is 10.9 Å². The summed E-state index contributed by atoms with van der Waals surface area (Å²) in [5, 5.41) is 22.2. The number of phosphoric ester groups is 2. The van der Waals surface area contributed by atoms with Crippen LogP contribution >= 0.6 is 15.6 Å². The number of nitrogens with zero attached hydrogens (tertiary/aromatic N) is 7. The molecular formula is C20H23N10O13P2-. The van der Waals surface area contributed by atoms with Crippen molar-refractivity contribution in [3.63, 3.8) is 0 Å². The lowest BCUT2D eigenvalue weighted by atomic mass is 10.1. The predicted octanol–water partition coefficient (Wildman–Crippen LogP) is -2.97. The summed E-state index contributed by atoms with van der Waals surface area (Å²) >= 11 is 0. The van der Waals surface area contributed by atoms with Crippen LogP contribution in [0.5, 0.6) is 0 Å². The molecule has 0 radical (unpaired) electrons. The number of aliphatic hydroxyl groups is 2. The van der Waals surface area contributed by atoms with Gasteiger partial charge in [0.1, 0.15) is 48.5 Å². The van der Waals surface area contributed by atoms with E-state index in [-0.39, 0.29) is 34.1 Å². The number of nitrogens with one attached hydrogen (secondary N) is 1. The highest BCUT2D eigenvalue weighted by Gasteiger charge is 2.53. The quantitative estimate of drug-likeness (QED) is 0.116. The largest absolute Gasteiger partial charge is 0.756 e. The van der Waals surface area contributed by atoms with Gasteiger partial charge in [-0.15, -0.1) is 0 Å². The average Bonchev–Trinajstić information content (AvgIpc) is 3.72. The summed E-state index contributed by atoms with van der Waals surface area (Å²) in [7, 11) is -10.4. The van der Waals surface area contributed by atoms with Gasteiger partial charge in [0, 0.05) is 0 Å². The Bertz CT molecular complexity index is 1940. The van der Waals surface area contributed by atoms with Crippen molar-refractivity contribution in [2.45, 2.75) is 49.1 Å². The summed E-state index contributed by atoms with van der Waals surface area (Å²) in [5.41, 5.74) is 10.8. The van der Waals surface area contributed by atoms with Crippen molar-refractivity contribution in [1.82, 2.24) is 39.0 Å². The second-order valence-electron chi connectivity index (χ2n) is 10.1. The summed E-state index contributed by atoms with van der Waals surface area (Å²) in [6.45, 7) is -1.74. The van der Waals surface area contributed by atoms with E-state index in [1.54, 1.807) is 0 Å². The van der Waals surface area contributed by atoms with Crippen molar-refractivity contribution in [1.29, 1.82) is 0 Å². The Morgan fingerprint density at radius 1 is 0.889 bits per heavy atom. The standard InChI is InChI=1S/C20H24N10O13P2/c21-14-8-15(24-3-23-14)29(4-25-8)18-10(31)12-6(40-18)1-38-45(36,37)43-13-7(2-39-44(34,35)42-12)41-19(11(13)32)30-5-26-9-16(30)27-20(22)28-17(9)33/h3-7,10-13,18-19,31-32H,1-2H2,(H,34,35)(H,36,37)(H2,21,23,24)(H3,22,27,28,33)/p-1/t6-,7?,10-,11-,12-,13-,18-,19-/m1/s1. The van der Waals surface area contributed by atoms with Crippen LogP contribution in [0.1, 0.15) is 12.5 Å². The number of rotatable bonds is 2. The number of aromatic nitrogens is 8. The van der Waals surface area contributed by atoms with E-state index in [9.17, 15) is 33.9 Å². The number of H-pyrrole nitrogens is 1. The lowest BCUT2D eigenvalue weighted by molar-refractivity contribution is -0.236. The molecular weight excluding hydrogens is 650 g/mol. The highest BCUT2D eigenvalue weighted by atomic mass is 31.2. The van der Waals surface area contributed by atoms with Gasteiger partial charge < -0.3 is 50.0 Å². The van der Waals surface area contributed by atoms with Crippen LogP contribution < -0.4 is 21.9 Å². The first kappa shape index (κ1) is 30.2. The number of hydrogen-bond acceptors (Lipinski definition) is 19. The molecule has 7 rings (SSSR count). The number of fused-ring (bicyclic) bond motifs is 4. The molecule has 0 aliphatic carbocycles. The van der Waals surface area contributed by atoms with Gasteiger partial charge in [0.2, 0.25) is 5.95 Å². The number of aliphatic hydroxyl groups excluding tert-OH is 2. The third kappa shape index (κ3) is 5.31. The Morgan fingerprint density at radius 2 is 1.49 bits per heavy atom. The minimum absolute atomic E-state index is 0.0301. The molecule has 0 aromatic carbocycles. The van der Waals surface area contributed by atoms with Crippen LogP contribution in [0.4, 0.5) is 11.8 Å². The van der Waals surface area contributed by atoms with Crippen LogP contribution in [-0.4, -0.2) is 104 Å². The molecule has 242 valence electrons. The maximum Gasteiger partial charge on any atom is 0.472 e. The molecule has 0 amide bonds. The fraction of sp³-hybridized carbons (Fsp3) is 0.500. The Labute approximate surface area is 248 Å². The third-order valence-corrected chi connectivity index (χ3v) is 9.26. The number of anilines is 2. The molecule has 0 bridgehead atoms. The van der Waals surface area contributed by atoms with E-state index in [1.807, 2.05) is 0 Å². The zero-order valence-corrected chi connectivity index (χ0v) is 24.2. The highest BCUT2D eigenvalue weighted by molar-refractivity contribution is 7.47. The van der Waals surface area contributed by atoms with E-state index in [0.29, 0.717) is 0 Å². The zero-order chi connectivity index (χ0) is 31.8. The molecule has 25 heteroatoms. The maximum atomic E-state index is 13.1.